The Morgan fingerprint density at radius 1 is 0.566 bits per heavy atom. The lowest BCUT2D eigenvalue weighted by Crippen LogP contribution is -2.45. The highest BCUT2D eigenvalue weighted by atomic mass is 16.6. The molecule has 1 aliphatic heterocycles. The Balaban J connectivity index is 1.60. The maximum atomic E-state index is 14.0. The van der Waals surface area contributed by atoms with Crippen molar-refractivity contribution in [3.8, 4) is 5.75 Å². The minimum atomic E-state index is -1.30. The highest BCUT2D eigenvalue weighted by Crippen LogP contribution is 2.53. The molecule has 0 saturated carbocycles. The zero-order chi connectivity index (χ0) is 37.5. The third-order valence-corrected chi connectivity index (χ3v) is 10.9. The van der Waals surface area contributed by atoms with E-state index in [0.717, 1.165) is 54.1 Å². The van der Waals surface area contributed by atoms with Gasteiger partial charge in [0.25, 0.3) is 0 Å². The molecule has 1 unspecified atom stereocenters. The van der Waals surface area contributed by atoms with Gasteiger partial charge < -0.3 is 14.4 Å². The first-order chi connectivity index (χ1) is 26.0. The molecule has 0 spiro atoms. The number of nitrogens with zero attached hydrogens (tertiary/aromatic N) is 2. The molecule has 4 aromatic rings. The molecule has 4 aromatic carbocycles. The van der Waals surface area contributed by atoms with Gasteiger partial charge in [-0.15, -0.1) is 0 Å². The predicted octanol–water partition coefficient (Wildman–Crippen LogP) is 12.9. The number of esters is 1. The van der Waals surface area contributed by atoms with Gasteiger partial charge in [-0.2, -0.15) is 0 Å². The topological polar surface area (TPSA) is 42.0 Å². The first-order valence-corrected chi connectivity index (χ1v) is 20.8. The van der Waals surface area contributed by atoms with Crippen LogP contribution in [0.4, 0.5) is 17.1 Å². The molecule has 1 aliphatic rings. The minimum Gasteiger partial charge on any atom is -0.493 e. The Hall–Kier alpha value is -4.25. The van der Waals surface area contributed by atoms with Crippen molar-refractivity contribution < 1.29 is 14.3 Å². The van der Waals surface area contributed by atoms with Gasteiger partial charge in [-0.05, 0) is 100 Å². The van der Waals surface area contributed by atoms with E-state index in [0.29, 0.717) is 17.9 Å². The third-order valence-electron chi connectivity index (χ3n) is 10.9. The number of unbranched alkanes of at least 4 members (excludes halogenated alkanes) is 10. The summed E-state index contributed by atoms with van der Waals surface area (Å²) in [5, 5.41) is 0. The lowest BCUT2D eigenvalue weighted by molar-refractivity contribution is 0.0124. The molecule has 284 valence electrons. The summed E-state index contributed by atoms with van der Waals surface area (Å²) in [6.45, 7) is 13.1. The molecular formula is C48H64N2O3. The van der Waals surface area contributed by atoms with E-state index in [9.17, 15) is 4.79 Å². The molecule has 0 aliphatic carbocycles. The monoisotopic (exact) mass is 716 g/mol. The molecule has 5 rings (SSSR count). The Kier molecular flexibility index (Phi) is 15.3. The van der Waals surface area contributed by atoms with Crippen molar-refractivity contribution >= 4 is 23.0 Å². The fraction of sp³-hybridized carbons (Fsp3) is 0.479. The molecule has 1 atom stereocenters. The van der Waals surface area contributed by atoms with Gasteiger partial charge in [0.15, 0.2) is 0 Å². The maximum Gasteiger partial charge on any atom is 0.341 e. The Labute approximate surface area is 320 Å². The number of anilines is 3. The van der Waals surface area contributed by atoms with Crippen molar-refractivity contribution in [3.63, 3.8) is 0 Å². The van der Waals surface area contributed by atoms with Crippen LogP contribution in [0.3, 0.4) is 0 Å². The van der Waals surface area contributed by atoms with Gasteiger partial charge in [-0.1, -0.05) is 121 Å². The molecule has 0 amide bonds. The van der Waals surface area contributed by atoms with Crippen LogP contribution in [0.25, 0.3) is 0 Å². The van der Waals surface area contributed by atoms with Crippen LogP contribution in [0.2, 0.25) is 0 Å². The van der Waals surface area contributed by atoms with Crippen molar-refractivity contribution in [3.05, 3.63) is 119 Å². The Morgan fingerprint density at radius 3 is 1.60 bits per heavy atom. The summed E-state index contributed by atoms with van der Waals surface area (Å²) >= 11 is 0. The summed E-state index contributed by atoms with van der Waals surface area (Å²) < 4.78 is 13.3. The van der Waals surface area contributed by atoms with Gasteiger partial charge in [0.05, 0.1) is 17.7 Å². The smallest absolute Gasteiger partial charge is 0.341 e. The maximum absolute atomic E-state index is 14.0. The van der Waals surface area contributed by atoms with E-state index in [2.05, 4.69) is 104 Å². The van der Waals surface area contributed by atoms with E-state index in [4.69, 9.17) is 9.47 Å². The highest BCUT2D eigenvalue weighted by Gasteiger charge is 2.54. The summed E-state index contributed by atoms with van der Waals surface area (Å²) in [4.78, 5) is 18.5. The zero-order valence-electron chi connectivity index (χ0n) is 33.3. The number of ether oxygens (including phenoxy) is 2. The number of hydrogen-bond acceptors (Lipinski definition) is 5. The number of cyclic esters (lactones) is 1. The summed E-state index contributed by atoms with van der Waals surface area (Å²) in [5.41, 5.74) is 6.55. The van der Waals surface area contributed by atoms with Gasteiger partial charge >= 0.3 is 5.97 Å². The number of carbonyl (C=O) groups excluding carboxylic acids is 1. The number of aryl methyl sites for hydroxylation is 2. The first-order valence-electron chi connectivity index (χ1n) is 20.8. The van der Waals surface area contributed by atoms with Crippen LogP contribution >= 0.6 is 0 Å². The molecule has 0 bridgehead atoms. The van der Waals surface area contributed by atoms with Crippen molar-refractivity contribution in [2.45, 2.75) is 130 Å². The van der Waals surface area contributed by atoms with Crippen LogP contribution in [0.15, 0.2) is 91.0 Å². The van der Waals surface area contributed by atoms with Gasteiger partial charge in [0.2, 0.25) is 5.72 Å². The molecule has 0 saturated heterocycles. The molecule has 53 heavy (non-hydrogen) atoms. The van der Waals surface area contributed by atoms with Crippen molar-refractivity contribution in [2.24, 2.45) is 0 Å². The predicted molar refractivity (Wildman–Crippen MR) is 223 cm³/mol. The Morgan fingerprint density at radius 2 is 1.08 bits per heavy atom. The average molecular weight is 717 g/mol. The number of rotatable bonds is 23. The third kappa shape index (κ3) is 9.65. The van der Waals surface area contributed by atoms with Crippen LogP contribution in [-0.2, 0) is 23.3 Å². The second kappa shape index (κ2) is 20.3. The van der Waals surface area contributed by atoms with Gasteiger partial charge in [0.1, 0.15) is 5.75 Å². The summed E-state index contributed by atoms with van der Waals surface area (Å²) in [6, 6.07) is 32.1. The SMILES string of the molecule is CCCCCCCCc1ccc(N(c2ccc(CCCCCCCC)cc2)C2(c3ccc(N(CC)CC)cc3OCC)OC(=O)c3ccccc32)cc1. The molecule has 5 heteroatoms. The normalized spacial score (nSPS) is 14.9. The second-order valence-electron chi connectivity index (χ2n) is 14.6. The lowest BCUT2D eigenvalue weighted by atomic mass is 9.88. The van der Waals surface area contributed by atoms with E-state index < -0.39 is 5.72 Å². The van der Waals surface area contributed by atoms with Crippen molar-refractivity contribution in [1.29, 1.82) is 0 Å². The van der Waals surface area contributed by atoms with Gasteiger partial charge in [-0.25, -0.2) is 4.79 Å². The second-order valence-corrected chi connectivity index (χ2v) is 14.6. The number of fused-ring (bicyclic) bond motifs is 1. The van der Waals surface area contributed by atoms with E-state index in [1.807, 2.05) is 31.2 Å². The van der Waals surface area contributed by atoms with E-state index >= 15 is 0 Å². The highest BCUT2D eigenvalue weighted by molar-refractivity contribution is 5.97. The zero-order valence-corrected chi connectivity index (χ0v) is 33.3. The lowest BCUT2D eigenvalue weighted by Gasteiger charge is -2.43. The van der Waals surface area contributed by atoms with Gasteiger partial charge in [0, 0.05) is 41.8 Å². The van der Waals surface area contributed by atoms with Crippen LogP contribution in [-0.4, -0.2) is 25.7 Å². The minimum absolute atomic E-state index is 0.333. The van der Waals surface area contributed by atoms with Crippen LogP contribution in [0.5, 0.6) is 5.75 Å². The fourth-order valence-corrected chi connectivity index (χ4v) is 7.89. The number of hydrogen-bond donors (Lipinski definition) is 0. The van der Waals surface area contributed by atoms with Crippen molar-refractivity contribution in [1.82, 2.24) is 0 Å². The molecular weight excluding hydrogens is 653 g/mol. The molecule has 0 N–H and O–H groups in total. The van der Waals surface area contributed by atoms with Crippen LogP contribution in [0, 0.1) is 0 Å². The molecule has 0 radical (unpaired) electrons. The number of carbonyl (C=O) groups is 1. The summed E-state index contributed by atoms with van der Waals surface area (Å²) in [7, 11) is 0. The fourth-order valence-electron chi connectivity index (χ4n) is 7.89. The average Bonchev–Trinajstić information content (AvgIpc) is 3.48. The van der Waals surface area contributed by atoms with Crippen LogP contribution in [0.1, 0.15) is 144 Å². The van der Waals surface area contributed by atoms with E-state index in [1.165, 1.54) is 88.2 Å². The molecule has 0 aromatic heterocycles. The van der Waals surface area contributed by atoms with E-state index in [1.54, 1.807) is 0 Å². The first kappa shape index (κ1) is 39.9. The number of benzene rings is 4. The van der Waals surface area contributed by atoms with Crippen molar-refractivity contribution in [2.75, 3.05) is 29.5 Å². The summed E-state index contributed by atoms with van der Waals surface area (Å²) in [5.74, 6) is 0.381. The Bertz CT molecular complexity index is 1640. The van der Waals surface area contributed by atoms with Crippen LogP contribution < -0.4 is 14.5 Å². The van der Waals surface area contributed by atoms with Gasteiger partial charge in [-0.3, -0.25) is 4.90 Å². The largest absolute Gasteiger partial charge is 0.493 e. The summed E-state index contributed by atoms with van der Waals surface area (Å²) in [6.07, 6.45) is 17.5. The quantitative estimate of drug-likeness (QED) is 0.0565. The molecule has 0 fully saturated rings. The van der Waals surface area contributed by atoms with E-state index in [-0.39, 0.29) is 5.97 Å². The molecule has 5 nitrogen and oxygen atoms in total. The molecule has 1 heterocycles. The standard InChI is InChI=1S/C48H64N2O3/c1-6-11-13-15-17-19-23-38-27-31-40(32-28-38)50(41-33-29-39(30-34-41)24-20-18-16-14-12-7-2)48(44-26-22-21-25-43(44)47(51)53-48)45-36-35-42(49(8-3)9-4)37-46(45)52-10-5/h21-22,25-37H,6-20,23-24H2,1-5H3.